The minimum atomic E-state index is -0.698. The third-order valence-corrected chi connectivity index (χ3v) is 10.1. The highest BCUT2D eigenvalue weighted by Gasteiger charge is 2.39. The monoisotopic (exact) mass is 736 g/mol. The molecule has 2 saturated heterocycles. The number of rotatable bonds is 9. The van der Waals surface area contributed by atoms with Crippen molar-refractivity contribution < 1.29 is 28.7 Å². The maximum absolute atomic E-state index is 13.6. The molecule has 4 atom stereocenters. The molecule has 4 N–H and O–H groups in total. The van der Waals surface area contributed by atoms with Crippen LogP contribution in [0.15, 0.2) is 48.7 Å². The molecule has 6 rings (SSSR count). The molecule has 2 aromatic heterocycles. The molecule has 4 amide bonds. The third-order valence-electron chi connectivity index (χ3n) is 10.1. The van der Waals surface area contributed by atoms with Gasteiger partial charge in [-0.15, -0.1) is 0 Å². The van der Waals surface area contributed by atoms with Crippen LogP contribution in [0.2, 0.25) is 0 Å². The summed E-state index contributed by atoms with van der Waals surface area (Å²) in [7, 11) is 2.57. The molecule has 2 aliphatic rings. The summed E-state index contributed by atoms with van der Waals surface area (Å²) in [5.41, 5.74) is 5.18. The van der Waals surface area contributed by atoms with Crippen LogP contribution in [0.5, 0.6) is 0 Å². The maximum Gasteiger partial charge on any atom is 0.407 e. The summed E-state index contributed by atoms with van der Waals surface area (Å²) in [6.07, 6.45) is 3.63. The minimum Gasteiger partial charge on any atom is -0.453 e. The standard InChI is InChI=1S/C40H48N8O6/c1-23(2)33(45-39(51)53-5)37(49)47-19-7-9-31(47)35-41-22-28(42-35)17-13-25-11-14-26(15-12-25)27-16-18-29-30(21-27)44-36(43-29)32-10-8-20-48(32)38(50)34(24(3)4)46-40(52)54-6/h11-12,14-16,18,21-24,31-34H,7-10,19-20H2,1-6H3,(H,41,42)(H,43,44)(H,45,51)(H,46,52)/t31?,32?,33-,34-/m0/s1. The van der Waals surface area contributed by atoms with Crippen LogP contribution >= 0.6 is 0 Å². The lowest BCUT2D eigenvalue weighted by atomic mass is 10.0. The maximum atomic E-state index is 13.6. The fraction of sp³-hybridized carbons (Fsp3) is 0.450. The van der Waals surface area contributed by atoms with Gasteiger partial charge in [-0.25, -0.2) is 19.6 Å². The van der Waals surface area contributed by atoms with E-state index in [0.29, 0.717) is 24.6 Å². The molecule has 4 aromatic rings. The summed E-state index contributed by atoms with van der Waals surface area (Å²) < 4.78 is 9.49. The molecule has 0 radical (unpaired) electrons. The number of nitrogens with zero attached hydrogens (tertiary/aromatic N) is 4. The number of benzene rings is 2. The van der Waals surface area contributed by atoms with Gasteiger partial charge >= 0.3 is 12.2 Å². The van der Waals surface area contributed by atoms with Gasteiger partial charge in [0.15, 0.2) is 0 Å². The van der Waals surface area contributed by atoms with E-state index < -0.39 is 24.3 Å². The second-order valence-electron chi connectivity index (χ2n) is 14.5. The number of H-pyrrole nitrogens is 2. The highest BCUT2D eigenvalue weighted by Crippen LogP contribution is 2.34. The average molecular weight is 737 g/mol. The number of aromatic nitrogens is 4. The number of hydrogen-bond donors (Lipinski definition) is 4. The molecule has 54 heavy (non-hydrogen) atoms. The van der Waals surface area contributed by atoms with Crippen LogP contribution in [0, 0.1) is 23.7 Å². The van der Waals surface area contributed by atoms with Crippen LogP contribution in [0.3, 0.4) is 0 Å². The number of hydrogen-bond acceptors (Lipinski definition) is 8. The van der Waals surface area contributed by atoms with E-state index in [2.05, 4.69) is 43.5 Å². The number of methoxy groups -OCH3 is 2. The molecule has 2 unspecified atom stereocenters. The summed E-state index contributed by atoms with van der Waals surface area (Å²) in [4.78, 5) is 70.6. The average Bonchev–Trinajstić information content (AvgIpc) is 4.00. The SMILES string of the molecule is COC(=O)N[C@H](C(=O)N1CCCC1c1ncc(C#Cc2ccc(-c3ccc4nc(C5CCCN5C(=O)[C@@H](NC(=O)OC)C(C)C)[nH]c4c3)cc2)[nH]1)C(C)C. The molecule has 2 aliphatic heterocycles. The fourth-order valence-electron chi connectivity index (χ4n) is 7.21. The molecular formula is C40H48N8O6. The van der Waals surface area contributed by atoms with E-state index in [4.69, 9.17) is 14.5 Å². The Kier molecular flexibility index (Phi) is 11.5. The van der Waals surface area contributed by atoms with Crippen LogP contribution in [-0.4, -0.2) is 93.1 Å². The van der Waals surface area contributed by atoms with Crippen LogP contribution in [-0.2, 0) is 19.1 Å². The lowest BCUT2D eigenvalue weighted by Gasteiger charge is -2.29. The van der Waals surface area contributed by atoms with Gasteiger partial charge in [-0.1, -0.05) is 51.8 Å². The molecule has 2 fully saturated rings. The lowest BCUT2D eigenvalue weighted by molar-refractivity contribution is -0.136. The minimum absolute atomic E-state index is 0.110. The number of imidazole rings is 2. The Labute approximate surface area is 314 Å². The number of amides is 4. The van der Waals surface area contributed by atoms with Crippen LogP contribution < -0.4 is 10.6 Å². The van der Waals surface area contributed by atoms with Gasteiger partial charge in [0.2, 0.25) is 11.8 Å². The molecule has 0 saturated carbocycles. The smallest absolute Gasteiger partial charge is 0.407 e. The normalized spacial score (nSPS) is 18.0. The largest absolute Gasteiger partial charge is 0.453 e. The first-order chi connectivity index (χ1) is 26.0. The van der Waals surface area contributed by atoms with Crippen molar-refractivity contribution in [3.63, 3.8) is 0 Å². The summed E-state index contributed by atoms with van der Waals surface area (Å²) in [5.74, 6) is 7.23. The van der Waals surface area contributed by atoms with E-state index in [9.17, 15) is 19.2 Å². The number of likely N-dealkylation sites (tertiary alicyclic amines) is 2. The van der Waals surface area contributed by atoms with Crippen molar-refractivity contribution >= 4 is 35.0 Å². The molecule has 284 valence electrons. The van der Waals surface area contributed by atoms with E-state index in [0.717, 1.165) is 59.2 Å². The van der Waals surface area contributed by atoms with Crippen molar-refractivity contribution in [2.45, 2.75) is 77.5 Å². The second-order valence-corrected chi connectivity index (χ2v) is 14.5. The fourth-order valence-corrected chi connectivity index (χ4v) is 7.21. The first-order valence-electron chi connectivity index (χ1n) is 18.4. The van der Waals surface area contributed by atoms with Gasteiger partial charge in [-0.2, -0.15) is 0 Å². The van der Waals surface area contributed by atoms with Crippen molar-refractivity contribution in [1.82, 2.24) is 40.4 Å². The molecule has 0 bridgehead atoms. The molecule has 14 heteroatoms. The Morgan fingerprint density at radius 1 is 0.759 bits per heavy atom. The lowest BCUT2D eigenvalue weighted by Crippen LogP contribution is -2.51. The molecule has 14 nitrogen and oxygen atoms in total. The first-order valence-corrected chi connectivity index (χ1v) is 18.4. The summed E-state index contributed by atoms with van der Waals surface area (Å²) in [6.45, 7) is 8.74. The zero-order chi connectivity index (χ0) is 38.5. The highest BCUT2D eigenvalue weighted by atomic mass is 16.5. The zero-order valence-corrected chi connectivity index (χ0v) is 31.6. The number of alkyl carbamates (subject to hydrolysis) is 2. The Hall–Kier alpha value is -5.84. The van der Waals surface area contributed by atoms with Crippen molar-refractivity contribution in [3.8, 4) is 23.0 Å². The Morgan fingerprint density at radius 3 is 1.87 bits per heavy atom. The molecule has 2 aromatic carbocycles. The number of carbonyl (C=O) groups excluding carboxylic acids is 4. The Balaban J connectivity index is 1.12. The van der Waals surface area contributed by atoms with Crippen molar-refractivity contribution in [2.24, 2.45) is 11.8 Å². The van der Waals surface area contributed by atoms with Crippen molar-refractivity contribution in [3.05, 3.63) is 71.6 Å². The second kappa shape index (κ2) is 16.4. The van der Waals surface area contributed by atoms with E-state index in [1.165, 1.54) is 14.2 Å². The topological polar surface area (TPSA) is 175 Å². The highest BCUT2D eigenvalue weighted by molar-refractivity contribution is 5.87. The van der Waals surface area contributed by atoms with E-state index in [1.54, 1.807) is 11.1 Å². The third kappa shape index (κ3) is 8.20. The van der Waals surface area contributed by atoms with Gasteiger partial charge < -0.3 is 39.9 Å². The van der Waals surface area contributed by atoms with E-state index in [1.807, 2.05) is 69.0 Å². The quantitative estimate of drug-likeness (QED) is 0.164. The predicted molar refractivity (Wildman–Crippen MR) is 202 cm³/mol. The number of nitrogens with one attached hydrogen (secondary N) is 4. The molecular weight excluding hydrogens is 688 g/mol. The van der Waals surface area contributed by atoms with Gasteiger partial charge in [-0.05, 0) is 78.8 Å². The number of ether oxygens (including phenoxy) is 2. The number of aromatic amines is 2. The molecule has 0 aliphatic carbocycles. The van der Waals surface area contributed by atoms with Crippen molar-refractivity contribution in [1.29, 1.82) is 0 Å². The van der Waals surface area contributed by atoms with Crippen LogP contribution in [0.25, 0.3) is 22.2 Å². The van der Waals surface area contributed by atoms with Gasteiger partial charge in [0.25, 0.3) is 0 Å². The predicted octanol–water partition coefficient (Wildman–Crippen LogP) is 5.44. The number of carbonyl (C=O) groups is 4. The zero-order valence-electron chi connectivity index (χ0n) is 31.6. The first kappa shape index (κ1) is 37.9. The Bertz CT molecular complexity index is 2060. The summed E-state index contributed by atoms with van der Waals surface area (Å²) >= 11 is 0. The van der Waals surface area contributed by atoms with Gasteiger partial charge in [0, 0.05) is 18.7 Å². The summed E-state index contributed by atoms with van der Waals surface area (Å²) in [5, 5.41) is 5.37. The van der Waals surface area contributed by atoms with Gasteiger partial charge in [0.1, 0.15) is 29.4 Å². The van der Waals surface area contributed by atoms with Crippen molar-refractivity contribution in [2.75, 3.05) is 27.3 Å². The van der Waals surface area contributed by atoms with Gasteiger partial charge in [-0.3, -0.25) is 9.59 Å². The molecule has 0 spiro atoms. The van der Waals surface area contributed by atoms with E-state index in [-0.39, 0.29) is 35.7 Å². The van der Waals surface area contributed by atoms with E-state index >= 15 is 0 Å². The van der Waals surface area contributed by atoms with Crippen LogP contribution in [0.4, 0.5) is 9.59 Å². The Morgan fingerprint density at radius 2 is 1.31 bits per heavy atom. The van der Waals surface area contributed by atoms with Crippen LogP contribution in [0.1, 0.15) is 88.4 Å². The molecule has 4 heterocycles. The summed E-state index contributed by atoms with van der Waals surface area (Å²) in [6, 6.07) is 12.2. The van der Waals surface area contributed by atoms with Gasteiger partial charge in [0.05, 0.1) is 43.5 Å². The number of fused-ring (bicyclic) bond motifs is 1.